The summed E-state index contributed by atoms with van der Waals surface area (Å²) < 4.78 is 1.06. The summed E-state index contributed by atoms with van der Waals surface area (Å²) in [7, 11) is 0. The summed E-state index contributed by atoms with van der Waals surface area (Å²) in [5.74, 6) is -0.418. The number of rotatable bonds is 3. The molecule has 1 amide bonds. The van der Waals surface area contributed by atoms with Crippen molar-refractivity contribution < 1.29 is 9.72 Å². The Morgan fingerprint density at radius 3 is 2.62 bits per heavy atom. The minimum Gasteiger partial charge on any atom is -0.322 e. The largest absolute Gasteiger partial charge is 0.322 e. The summed E-state index contributed by atoms with van der Waals surface area (Å²) in [4.78, 5) is 22.4. The lowest BCUT2D eigenvalue weighted by atomic mass is 10.1. The van der Waals surface area contributed by atoms with Crippen molar-refractivity contribution in [3.8, 4) is 0 Å². The van der Waals surface area contributed by atoms with Crippen LogP contribution in [0.2, 0.25) is 5.02 Å². The molecule has 2 aromatic rings. The number of hydrogen-bond donors (Lipinski definition) is 1. The van der Waals surface area contributed by atoms with E-state index < -0.39 is 10.8 Å². The van der Waals surface area contributed by atoms with E-state index in [4.69, 9.17) is 11.6 Å². The van der Waals surface area contributed by atoms with Crippen LogP contribution in [0.25, 0.3) is 0 Å². The molecule has 0 saturated carbocycles. The number of carbonyl (C=O) groups excluding carboxylic acids is 1. The van der Waals surface area contributed by atoms with Gasteiger partial charge in [-0.05, 0) is 65.4 Å². The fourth-order valence-electron chi connectivity index (χ4n) is 1.76. The summed E-state index contributed by atoms with van der Waals surface area (Å²) in [5, 5.41) is 13.6. The molecule has 7 heteroatoms. The minimum atomic E-state index is -0.616. The van der Waals surface area contributed by atoms with Gasteiger partial charge in [0, 0.05) is 20.9 Å². The molecule has 0 atom stereocenters. The van der Waals surface area contributed by atoms with Crippen LogP contribution >= 0.6 is 34.2 Å². The van der Waals surface area contributed by atoms with Gasteiger partial charge in [0.25, 0.3) is 11.6 Å². The van der Waals surface area contributed by atoms with Crippen molar-refractivity contribution in [3.05, 3.63) is 66.2 Å². The van der Waals surface area contributed by atoms with E-state index in [2.05, 4.69) is 27.9 Å². The average Bonchev–Trinajstić information content (AvgIpc) is 2.42. The van der Waals surface area contributed by atoms with Crippen LogP contribution in [0.5, 0.6) is 0 Å². The van der Waals surface area contributed by atoms with Crippen molar-refractivity contribution in [2.24, 2.45) is 0 Å². The second-order valence-corrected chi connectivity index (χ2v) is 5.99. The monoisotopic (exact) mass is 416 g/mol. The number of benzene rings is 2. The lowest BCUT2D eigenvalue weighted by Crippen LogP contribution is -2.13. The molecule has 0 aromatic heterocycles. The Labute approximate surface area is 139 Å². The molecule has 0 spiro atoms. The summed E-state index contributed by atoms with van der Waals surface area (Å²) in [6.45, 7) is 1.88. The predicted octanol–water partition coefficient (Wildman–Crippen LogP) is 4.41. The standard InChI is InChI=1S/C14H10ClIN2O3/c1-8-6-10(16)3-5-12(8)17-14(19)9-2-4-11(15)13(7-9)18(20)21/h2-7H,1H3,(H,17,19). The maximum atomic E-state index is 12.2. The van der Waals surface area contributed by atoms with Crippen molar-refractivity contribution in [2.75, 3.05) is 5.32 Å². The lowest BCUT2D eigenvalue weighted by Gasteiger charge is -2.09. The first kappa shape index (κ1) is 15.7. The Kier molecular flexibility index (Phi) is 4.79. The van der Waals surface area contributed by atoms with E-state index in [0.29, 0.717) is 5.69 Å². The average molecular weight is 417 g/mol. The molecular formula is C14H10ClIN2O3. The van der Waals surface area contributed by atoms with E-state index in [1.807, 2.05) is 19.1 Å². The predicted molar refractivity (Wildman–Crippen MR) is 90.0 cm³/mol. The third-order valence-corrected chi connectivity index (χ3v) is 3.83. The normalized spacial score (nSPS) is 10.2. The fraction of sp³-hybridized carbons (Fsp3) is 0.0714. The summed E-state index contributed by atoms with van der Waals surface area (Å²) >= 11 is 7.90. The molecule has 108 valence electrons. The van der Waals surface area contributed by atoms with Crippen LogP contribution < -0.4 is 5.32 Å². The molecule has 2 aromatic carbocycles. The Balaban J connectivity index is 2.28. The number of halogens is 2. The second kappa shape index (κ2) is 6.40. The molecule has 0 radical (unpaired) electrons. The van der Waals surface area contributed by atoms with Gasteiger partial charge in [0.2, 0.25) is 0 Å². The molecule has 0 aliphatic rings. The molecule has 0 bridgehead atoms. The molecule has 0 heterocycles. The maximum Gasteiger partial charge on any atom is 0.288 e. The number of hydrogen-bond acceptors (Lipinski definition) is 3. The van der Waals surface area contributed by atoms with Crippen LogP contribution in [-0.2, 0) is 0 Å². The highest BCUT2D eigenvalue weighted by Gasteiger charge is 2.16. The molecule has 0 saturated heterocycles. The zero-order valence-electron chi connectivity index (χ0n) is 10.9. The Morgan fingerprint density at radius 2 is 2.00 bits per heavy atom. The van der Waals surface area contributed by atoms with Gasteiger partial charge in [-0.3, -0.25) is 14.9 Å². The van der Waals surface area contributed by atoms with Gasteiger partial charge >= 0.3 is 0 Å². The molecular weight excluding hydrogens is 407 g/mol. The zero-order valence-corrected chi connectivity index (χ0v) is 13.8. The number of nitro groups is 1. The molecule has 2 rings (SSSR count). The van der Waals surface area contributed by atoms with Gasteiger partial charge in [0.05, 0.1) is 4.92 Å². The van der Waals surface area contributed by atoms with Crippen molar-refractivity contribution in [3.63, 3.8) is 0 Å². The van der Waals surface area contributed by atoms with Crippen LogP contribution in [0.1, 0.15) is 15.9 Å². The first-order valence-electron chi connectivity index (χ1n) is 5.90. The number of anilines is 1. The number of nitrogens with zero attached hydrogens (tertiary/aromatic N) is 1. The quantitative estimate of drug-likeness (QED) is 0.457. The van der Waals surface area contributed by atoms with E-state index in [1.165, 1.54) is 18.2 Å². The number of amides is 1. The molecule has 21 heavy (non-hydrogen) atoms. The Bertz CT molecular complexity index is 734. The fourth-order valence-corrected chi connectivity index (χ4v) is 2.59. The topological polar surface area (TPSA) is 72.2 Å². The van der Waals surface area contributed by atoms with Gasteiger partial charge in [-0.25, -0.2) is 0 Å². The van der Waals surface area contributed by atoms with Gasteiger partial charge in [-0.1, -0.05) is 11.6 Å². The minimum absolute atomic E-state index is 0.00185. The zero-order chi connectivity index (χ0) is 15.6. The molecule has 1 N–H and O–H groups in total. The second-order valence-electron chi connectivity index (χ2n) is 4.34. The molecule has 5 nitrogen and oxygen atoms in total. The lowest BCUT2D eigenvalue weighted by molar-refractivity contribution is -0.384. The number of carbonyl (C=O) groups is 1. The van der Waals surface area contributed by atoms with E-state index in [9.17, 15) is 14.9 Å². The van der Waals surface area contributed by atoms with Crippen molar-refractivity contribution in [1.29, 1.82) is 0 Å². The van der Waals surface area contributed by atoms with Crippen LogP contribution in [0.3, 0.4) is 0 Å². The van der Waals surface area contributed by atoms with Crippen molar-refractivity contribution in [1.82, 2.24) is 0 Å². The maximum absolute atomic E-state index is 12.2. The van der Waals surface area contributed by atoms with Crippen LogP contribution in [-0.4, -0.2) is 10.8 Å². The van der Waals surface area contributed by atoms with Crippen molar-refractivity contribution >= 4 is 51.5 Å². The molecule has 0 aliphatic carbocycles. The summed E-state index contributed by atoms with van der Waals surface area (Å²) in [6, 6.07) is 9.55. The summed E-state index contributed by atoms with van der Waals surface area (Å²) in [5.41, 5.74) is 1.48. The van der Waals surface area contributed by atoms with E-state index in [0.717, 1.165) is 9.13 Å². The highest BCUT2D eigenvalue weighted by atomic mass is 127. The van der Waals surface area contributed by atoms with Crippen LogP contribution in [0, 0.1) is 20.6 Å². The summed E-state index contributed by atoms with van der Waals surface area (Å²) in [6.07, 6.45) is 0. The number of nitrogens with one attached hydrogen (secondary N) is 1. The number of nitro benzene ring substituents is 1. The first-order valence-corrected chi connectivity index (χ1v) is 7.35. The van der Waals surface area contributed by atoms with Crippen LogP contribution in [0.4, 0.5) is 11.4 Å². The highest BCUT2D eigenvalue weighted by Crippen LogP contribution is 2.26. The number of aryl methyl sites for hydroxylation is 1. The van der Waals surface area contributed by atoms with Crippen LogP contribution in [0.15, 0.2) is 36.4 Å². The van der Waals surface area contributed by atoms with Gasteiger partial charge < -0.3 is 5.32 Å². The molecule has 0 aliphatic heterocycles. The van der Waals surface area contributed by atoms with Crippen molar-refractivity contribution in [2.45, 2.75) is 6.92 Å². The van der Waals surface area contributed by atoms with E-state index in [-0.39, 0.29) is 16.3 Å². The third kappa shape index (κ3) is 3.70. The van der Waals surface area contributed by atoms with Gasteiger partial charge in [-0.2, -0.15) is 0 Å². The molecule has 0 fully saturated rings. The Hall–Kier alpha value is -1.67. The van der Waals surface area contributed by atoms with Gasteiger partial charge in [0.1, 0.15) is 5.02 Å². The van der Waals surface area contributed by atoms with Gasteiger partial charge in [0.15, 0.2) is 0 Å². The van der Waals surface area contributed by atoms with Gasteiger partial charge in [-0.15, -0.1) is 0 Å². The van der Waals surface area contributed by atoms with E-state index >= 15 is 0 Å². The smallest absolute Gasteiger partial charge is 0.288 e. The SMILES string of the molecule is Cc1cc(I)ccc1NC(=O)c1ccc(Cl)c([N+](=O)[O-])c1. The Morgan fingerprint density at radius 1 is 1.29 bits per heavy atom. The first-order chi connectivity index (χ1) is 9.88. The third-order valence-electron chi connectivity index (χ3n) is 2.84. The van der Waals surface area contributed by atoms with E-state index in [1.54, 1.807) is 6.07 Å². The molecule has 0 unspecified atom stereocenters. The highest BCUT2D eigenvalue weighted by molar-refractivity contribution is 14.1.